The molecule has 1 heterocycles. The fourth-order valence-corrected chi connectivity index (χ4v) is 5.65. The molecule has 0 spiro atoms. The molecule has 0 radical (unpaired) electrons. The van der Waals surface area contributed by atoms with Crippen LogP contribution in [0.4, 0.5) is 5.69 Å². The van der Waals surface area contributed by atoms with E-state index in [1.807, 2.05) is 24.3 Å². The Morgan fingerprint density at radius 3 is 2.15 bits per heavy atom. The molecule has 0 fully saturated rings. The van der Waals surface area contributed by atoms with Crippen LogP contribution in [0.15, 0.2) is 53.4 Å². The quantitative estimate of drug-likeness (QED) is 0.0900. The molecule has 216 valence electrons. The number of nitrogens with zero attached hydrogens (tertiary/aromatic N) is 1. The van der Waals surface area contributed by atoms with E-state index in [-0.39, 0.29) is 11.7 Å². The van der Waals surface area contributed by atoms with Crippen LogP contribution in [0.2, 0.25) is 0 Å². The van der Waals surface area contributed by atoms with E-state index in [0.29, 0.717) is 30.0 Å². The molecule has 3 rings (SSSR count). The summed E-state index contributed by atoms with van der Waals surface area (Å²) in [5.74, 6) is 0.204. The highest BCUT2D eigenvalue weighted by Crippen LogP contribution is 2.23. The van der Waals surface area contributed by atoms with Crippen molar-refractivity contribution in [1.29, 1.82) is 0 Å². The van der Waals surface area contributed by atoms with Gasteiger partial charge in [0.25, 0.3) is 5.91 Å². The second kappa shape index (κ2) is 17.6. The SMILES string of the molecule is CCCCCCCCCCCCCCOc1ccc(C(=O)Nc2ccccc2C[n+]2cscc2C)cc1C(C)=O. The fraction of sp³-hybridized carbons (Fsp3) is 0.500. The molecule has 0 aliphatic heterocycles. The van der Waals surface area contributed by atoms with Crippen molar-refractivity contribution >= 4 is 28.7 Å². The number of ketones is 1. The second-order valence-corrected chi connectivity index (χ2v) is 11.5. The molecule has 5 nitrogen and oxygen atoms in total. The lowest BCUT2D eigenvalue weighted by Crippen LogP contribution is -2.34. The number of hydrogen-bond acceptors (Lipinski definition) is 4. The van der Waals surface area contributed by atoms with Crippen LogP contribution in [0.1, 0.15) is 123 Å². The number of amides is 1. The third-order valence-electron chi connectivity index (χ3n) is 7.36. The number of carbonyl (C=O) groups excluding carboxylic acids is 2. The summed E-state index contributed by atoms with van der Waals surface area (Å²) in [5.41, 5.74) is 5.93. The number of aryl methyl sites for hydroxylation is 1. The Morgan fingerprint density at radius 1 is 0.875 bits per heavy atom. The lowest BCUT2D eigenvalue weighted by atomic mass is 10.0. The van der Waals surface area contributed by atoms with Gasteiger partial charge in [-0.25, -0.2) is 0 Å². The number of thiazole rings is 1. The van der Waals surface area contributed by atoms with Crippen molar-refractivity contribution in [3.05, 3.63) is 75.7 Å². The van der Waals surface area contributed by atoms with Crippen molar-refractivity contribution in [2.45, 2.75) is 104 Å². The standard InChI is InChI=1S/C34H46N2O3S/c1-4-5-6-7-8-9-10-11-12-13-14-17-22-39-33-21-20-29(23-31(33)28(3)37)34(38)35-32-19-16-15-18-30(32)24-36-26-40-25-27(36)2/h15-16,18-21,23,25-26H,4-14,17,22,24H2,1-3H3/p+1. The van der Waals surface area contributed by atoms with Crippen LogP contribution in [-0.2, 0) is 6.54 Å². The lowest BCUT2D eigenvalue weighted by Gasteiger charge is -2.13. The molecule has 3 aromatic rings. The number of aromatic nitrogens is 1. The zero-order valence-electron chi connectivity index (χ0n) is 24.7. The van der Waals surface area contributed by atoms with E-state index in [9.17, 15) is 9.59 Å². The van der Waals surface area contributed by atoms with Crippen LogP contribution >= 0.6 is 11.3 Å². The number of unbranched alkanes of at least 4 members (excludes halogenated alkanes) is 11. The Balaban J connectivity index is 1.44. The zero-order chi connectivity index (χ0) is 28.6. The van der Waals surface area contributed by atoms with Gasteiger partial charge in [0.1, 0.15) is 5.75 Å². The minimum atomic E-state index is -0.241. The number of benzene rings is 2. The summed E-state index contributed by atoms with van der Waals surface area (Å²) in [6, 6.07) is 13.0. The Labute approximate surface area is 245 Å². The number of carbonyl (C=O) groups is 2. The van der Waals surface area contributed by atoms with Gasteiger partial charge in [0.05, 0.1) is 23.2 Å². The summed E-state index contributed by atoms with van der Waals surface area (Å²) >= 11 is 1.65. The minimum absolute atomic E-state index is 0.107. The first-order valence-corrected chi connectivity index (χ1v) is 16.0. The summed E-state index contributed by atoms with van der Waals surface area (Å²) in [4.78, 5) is 25.5. The highest BCUT2D eigenvalue weighted by molar-refractivity contribution is 7.07. The number of hydrogen-bond donors (Lipinski definition) is 1. The molecule has 0 aliphatic carbocycles. The molecule has 1 aromatic heterocycles. The molecule has 40 heavy (non-hydrogen) atoms. The van der Waals surface area contributed by atoms with Gasteiger partial charge in [-0.05, 0) is 37.6 Å². The smallest absolute Gasteiger partial charge is 0.255 e. The predicted octanol–water partition coefficient (Wildman–Crippen LogP) is 8.93. The first-order chi connectivity index (χ1) is 19.5. The molecule has 6 heteroatoms. The van der Waals surface area contributed by atoms with Crippen LogP contribution < -0.4 is 14.6 Å². The van der Waals surface area contributed by atoms with Crippen LogP contribution in [0, 0.1) is 6.92 Å². The molecule has 0 atom stereocenters. The topological polar surface area (TPSA) is 59.3 Å². The third-order valence-corrected chi connectivity index (χ3v) is 8.22. The minimum Gasteiger partial charge on any atom is -0.493 e. The summed E-state index contributed by atoms with van der Waals surface area (Å²) in [6.45, 7) is 7.11. The fourth-order valence-electron chi connectivity index (χ4n) is 4.87. The maximum atomic E-state index is 13.1. The second-order valence-electron chi connectivity index (χ2n) is 10.7. The van der Waals surface area contributed by atoms with Gasteiger partial charge >= 0.3 is 0 Å². The molecular formula is C34H47N2O3S+. The van der Waals surface area contributed by atoms with Gasteiger partial charge in [-0.2, -0.15) is 4.57 Å². The number of anilines is 1. The van der Waals surface area contributed by atoms with Crippen LogP contribution in [-0.4, -0.2) is 18.3 Å². The average Bonchev–Trinajstić information content (AvgIpc) is 3.36. The maximum Gasteiger partial charge on any atom is 0.255 e. The molecule has 0 saturated carbocycles. The van der Waals surface area contributed by atoms with E-state index in [1.54, 1.807) is 29.5 Å². The number of para-hydroxylation sites is 1. The Hall–Kier alpha value is -2.99. The number of rotatable bonds is 19. The lowest BCUT2D eigenvalue weighted by molar-refractivity contribution is -0.689. The molecule has 1 N–H and O–H groups in total. The van der Waals surface area contributed by atoms with Crippen molar-refractivity contribution in [3.8, 4) is 5.75 Å². The largest absolute Gasteiger partial charge is 0.493 e. The molecule has 0 unspecified atom stereocenters. The number of Topliss-reactive ketones (excluding diaryl/α,β-unsaturated/α-hetero) is 1. The van der Waals surface area contributed by atoms with Crippen molar-refractivity contribution in [1.82, 2.24) is 0 Å². The van der Waals surface area contributed by atoms with Crippen molar-refractivity contribution in [2.75, 3.05) is 11.9 Å². The average molecular weight is 564 g/mol. The van der Waals surface area contributed by atoms with Gasteiger partial charge in [-0.15, -0.1) is 0 Å². The summed E-state index contributed by atoms with van der Waals surface area (Å²) in [5, 5.41) is 5.14. The van der Waals surface area contributed by atoms with E-state index >= 15 is 0 Å². The van der Waals surface area contributed by atoms with E-state index < -0.39 is 0 Å². The number of nitrogens with one attached hydrogen (secondary N) is 1. The summed E-state index contributed by atoms with van der Waals surface area (Å²) < 4.78 is 8.14. The summed E-state index contributed by atoms with van der Waals surface area (Å²) in [7, 11) is 0. The molecular weight excluding hydrogens is 516 g/mol. The van der Waals surface area contributed by atoms with E-state index in [1.165, 1.54) is 76.8 Å². The van der Waals surface area contributed by atoms with Crippen LogP contribution in [0.25, 0.3) is 0 Å². The van der Waals surface area contributed by atoms with E-state index in [4.69, 9.17) is 4.74 Å². The highest BCUT2D eigenvalue weighted by Gasteiger charge is 2.17. The van der Waals surface area contributed by atoms with E-state index in [0.717, 1.165) is 24.1 Å². The van der Waals surface area contributed by atoms with Gasteiger partial charge in [0.2, 0.25) is 5.51 Å². The van der Waals surface area contributed by atoms with E-state index in [2.05, 4.69) is 34.6 Å². The molecule has 0 aliphatic rings. The van der Waals surface area contributed by atoms with Gasteiger partial charge in [-0.1, -0.05) is 107 Å². The Morgan fingerprint density at radius 2 is 1.52 bits per heavy atom. The monoisotopic (exact) mass is 563 g/mol. The molecule has 2 aromatic carbocycles. The zero-order valence-corrected chi connectivity index (χ0v) is 25.5. The van der Waals surface area contributed by atoms with Gasteiger partial charge in [0.15, 0.2) is 18.0 Å². The van der Waals surface area contributed by atoms with Crippen LogP contribution in [0.5, 0.6) is 5.75 Å². The van der Waals surface area contributed by atoms with Crippen molar-refractivity contribution < 1.29 is 18.9 Å². The van der Waals surface area contributed by atoms with Crippen LogP contribution in [0.3, 0.4) is 0 Å². The van der Waals surface area contributed by atoms with Gasteiger partial charge in [-0.3, -0.25) is 9.59 Å². The highest BCUT2D eigenvalue weighted by atomic mass is 32.1. The maximum absolute atomic E-state index is 13.1. The first kappa shape index (κ1) is 31.5. The third kappa shape index (κ3) is 10.5. The Bertz CT molecular complexity index is 1200. The molecule has 0 saturated heterocycles. The molecule has 0 bridgehead atoms. The van der Waals surface area contributed by atoms with Crippen molar-refractivity contribution in [2.24, 2.45) is 0 Å². The van der Waals surface area contributed by atoms with Gasteiger partial charge < -0.3 is 10.1 Å². The van der Waals surface area contributed by atoms with Gasteiger partial charge in [0, 0.05) is 18.1 Å². The Kier molecular flexibility index (Phi) is 13.9. The normalized spacial score (nSPS) is 11.0. The predicted molar refractivity (Wildman–Crippen MR) is 166 cm³/mol. The molecule has 1 amide bonds. The van der Waals surface area contributed by atoms with Crippen molar-refractivity contribution in [3.63, 3.8) is 0 Å². The first-order valence-electron chi connectivity index (χ1n) is 15.1. The number of ether oxygens (including phenoxy) is 1. The summed E-state index contributed by atoms with van der Waals surface area (Å²) in [6.07, 6.45) is 15.5.